The number of nitrogens with one attached hydrogen (secondary N) is 1. The van der Waals surface area contributed by atoms with E-state index in [1.165, 1.54) is 15.9 Å². The molecule has 1 aliphatic rings. The fourth-order valence-electron chi connectivity index (χ4n) is 3.38. The second kappa shape index (κ2) is 7.34. The standard InChI is InChI=1S/C20H20N6O3/c1-3-29-17-10-5-4-7-14(17)12-25-18(27)20(2,22-19(25)28)15-8-6-9-16(11-15)26-13-21-23-24-26/h4-11,13H,3,12H2,1-2H3,(H,22,28)/t20-/m1/s1. The summed E-state index contributed by atoms with van der Waals surface area (Å²) in [4.78, 5) is 27.2. The number of aromatic nitrogens is 4. The largest absolute Gasteiger partial charge is 0.494 e. The molecular weight excluding hydrogens is 372 g/mol. The first-order valence-electron chi connectivity index (χ1n) is 9.21. The van der Waals surface area contributed by atoms with Gasteiger partial charge in [-0.1, -0.05) is 30.3 Å². The number of benzene rings is 2. The molecule has 9 heteroatoms. The minimum atomic E-state index is -1.19. The Morgan fingerprint density at radius 2 is 1.97 bits per heavy atom. The van der Waals surface area contributed by atoms with Crippen LogP contribution >= 0.6 is 0 Å². The highest BCUT2D eigenvalue weighted by Crippen LogP contribution is 2.32. The van der Waals surface area contributed by atoms with Crippen LogP contribution in [0.4, 0.5) is 4.79 Å². The van der Waals surface area contributed by atoms with Crippen molar-refractivity contribution in [2.75, 3.05) is 6.61 Å². The number of ether oxygens (including phenoxy) is 1. The summed E-state index contributed by atoms with van der Waals surface area (Å²) in [5.41, 5.74) is 0.909. The van der Waals surface area contributed by atoms with Crippen molar-refractivity contribution in [1.29, 1.82) is 0 Å². The van der Waals surface area contributed by atoms with Crippen molar-refractivity contribution in [3.63, 3.8) is 0 Å². The molecule has 1 aliphatic heterocycles. The van der Waals surface area contributed by atoms with E-state index >= 15 is 0 Å². The van der Waals surface area contributed by atoms with Crippen molar-refractivity contribution in [2.45, 2.75) is 25.9 Å². The van der Waals surface area contributed by atoms with Gasteiger partial charge in [0.25, 0.3) is 5.91 Å². The molecule has 1 atom stereocenters. The number of hydrogen-bond acceptors (Lipinski definition) is 6. The van der Waals surface area contributed by atoms with Crippen molar-refractivity contribution in [1.82, 2.24) is 30.4 Å². The maximum atomic E-state index is 13.3. The summed E-state index contributed by atoms with van der Waals surface area (Å²) >= 11 is 0. The SMILES string of the molecule is CCOc1ccccc1CN1C(=O)N[C@](C)(c2cccc(-n3cnnn3)c2)C1=O. The zero-order valence-electron chi connectivity index (χ0n) is 16.1. The van der Waals surface area contributed by atoms with Crippen LogP contribution in [0.15, 0.2) is 54.9 Å². The number of imide groups is 1. The number of rotatable bonds is 6. The quantitative estimate of drug-likeness (QED) is 0.644. The summed E-state index contributed by atoms with van der Waals surface area (Å²) in [5, 5.41) is 14.0. The maximum Gasteiger partial charge on any atom is 0.325 e. The molecule has 1 saturated heterocycles. The van der Waals surface area contributed by atoms with Crippen molar-refractivity contribution in [3.05, 3.63) is 66.0 Å². The first kappa shape index (κ1) is 18.6. The van der Waals surface area contributed by atoms with Gasteiger partial charge in [0.1, 0.15) is 17.6 Å². The fourth-order valence-corrected chi connectivity index (χ4v) is 3.38. The molecule has 2 aromatic carbocycles. The van der Waals surface area contributed by atoms with Crippen LogP contribution in [0, 0.1) is 0 Å². The average molecular weight is 392 g/mol. The second-order valence-electron chi connectivity index (χ2n) is 6.79. The Hall–Kier alpha value is -3.75. The Labute approximate surface area is 167 Å². The zero-order valence-corrected chi connectivity index (χ0v) is 16.1. The summed E-state index contributed by atoms with van der Waals surface area (Å²) in [6.07, 6.45) is 1.47. The fraction of sp³-hybridized carbons (Fsp3) is 0.250. The van der Waals surface area contributed by atoms with Gasteiger partial charge < -0.3 is 10.1 Å². The highest BCUT2D eigenvalue weighted by molar-refractivity contribution is 6.07. The molecule has 0 saturated carbocycles. The lowest BCUT2D eigenvalue weighted by atomic mass is 9.91. The van der Waals surface area contributed by atoms with Gasteiger partial charge in [0.05, 0.1) is 18.8 Å². The number of amides is 3. The Bertz CT molecular complexity index is 1050. The molecule has 3 aromatic rings. The topological polar surface area (TPSA) is 102 Å². The molecule has 1 fully saturated rings. The van der Waals surface area contributed by atoms with Crippen LogP contribution in [-0.4, -0.2) is 43.7 Å². The van der Waals surface area contributed by atoms with Gasteiger partial charge in [-0.25, -0.2) is 9.48 Å². The molecule has 0 bridgehead atoms. The molecule has 9 nitrogen and oxygen atoms in total. The Kier molecular flexibility index (Phi) is 4.71. The van der Waals surface area contributed by atoms with E-state index < -0.39 is 11.6 Å². The van der Waals surface area contributed by atoms with Gasteiger partial charge >= 0.3 is 6.03 Å². The summed E-state index contributed by atoms with van der Waals surface area (Å²) in [5.74, 6) is 0.326. The van der Waals surface area contributed by atoms with E-state index in [-0.39, 0.29) is 12.5 Å². The highest BCUT2D eigenvalue weighted by atomic mass is 16.5. The number of carbonyl (C=O) groups excluding carboxylic acids is 2. The van der Waals surface area contributed by atoms with E-state index in [0.717, 1.165) is 5.56 Å². The third-order valence-corrected chi connectivity index (χ3v) is 4.91. The van der Waals surface area contributed by atoms with E-state index in [0.29, 0.717) is 23.6 Å². The van der Waals surface area contributed by atoms with Crippen LogP contribution in [0.5, 0.6) is 5.75 Å². The Morgan fingerprint density at radius 3 is 2.72 bits per heavy atom. The van der Waals surface area contributed by atoms with Crippen LogP contribution in [0.3, 0.4) is 0 Å². The van der Waals surface area contributed by atoms with E-state index in [2.05, 4.69) is 20.8 Å². The predicted octanol–water partition coefficient (Wildman–Crippen LogP) is 2.03. The summed E-state index contributed by atoms with van der Waals surface area (Å²) in [6.45, 7) is 4.21. The third-order valence-electron chi connectivity index (χ3n) is 4.91. The van der Waals surface area contributed by atoms with Gasteiger partial charge in [-0.3, -0.25) is 9.69 Å². The molecule has 0 radical (unpaired) electrons. The van der Waals surface area contributed by atoms with Crippen LogP contribution in [-0.2, 0) is 16.9 Å². The minimum Gasteiger partial charge on any atom is -0.494 e. The minimum absolute atomic E-state index is 0.128. The smallest absolute Gasteiger partial charge is 0.325 e. The summed E-state index contributed by atoms with van der Waals surface area (Å²) in [7, 11) is 0. The van der Waals surface area contributed by atoms with Crippen LogP contribution < -0.4 is 10.1 Å². The van der Waals surface area contributed by atoms with Crippen molar-refractivity contribution < 1.29 is 14.3 Å². The van der Waals surface area contributed by atoms with Gasteiger partial charge in [-0.2, -0.15) is 0 Å². The lowest BCUT2D eigenvalue weighted by molar-refractivity contribution is -0.131. The average Bonchev–Trinajstić information content (AvgIpc) is 3.34. The van der Waals surface area contributed by atoms with E-state index in [9.17, 15) is 9.59 Å². The first-order chi connectivity index (χ1) is 14.0. The van der Waals surface area contributed by atoms with Gasteiger partial charge in [0, 0.05) is 5.56 Å². The number of nitrogens with zero attached hydrogens (tertiary/aromatic N) is 5. The number of urea groups is 1. The van der Waals surface area contributed by atoms with Crippen LogP contribution in [0.25, 0.3) is 5.69 Å². The molecule has 29 heavy (non-hydrogen) atoms. The van der Waals surface area contributed by atoms with Crippen molar-refractivity contribution >= 4 is 11.9 Å². The molecule has 0 spiro atoms. The zero-order chi connectivity index (χ0) is 20.4. The molecule has 1 aromatic heterocycles. The Balaban J connectivity index is 1.64. The van der Waals surface area contributed by atoms with Gasteiger partial charge in [-0.15, -0.1) is 5.10 Å². The Morgan fingerprint density at radius 1 is 1.14 bits per heavy atom. The van der Waals surface area contributed by atoms with E-state index in [1.807, 2.05) is 37.3 Å². The molecule has 3 amide bonds. The van der Waals surface area contributed by atoms with E-state index in [4.69, 9.17) is 4.74 Å². The molecule has 0 unspecified atom stereocenters. The summed E-state index contributed by atoms with van der Waals surface area (Å²) in [6, 6.07) is 14.1. The van der Waals surface area contributed by atoms with Gasteiger partial charge in [-0.05, 0) is 48.0 Å². The van der Waals surface area contributed by atoms with Gasteiger partial charge in [0.2, 0.25) is 0 Å². The normalized spacial score (nSPS) is 18.8. The third kappa shape index (κ3) is 3.31. The lowest BCUT2D eigenvalue weighted by Crippen LogP contribution is -2.40. The number of para-hydroxylation sites is 1. The maximum absolute atomic E-state index is 13.3. The highest BCUT2D eigenvalue weighted by Gasteiger charge is 2.49. The number of carbonyl (C=O) groups is 2. The van der Waals surface area contributed by atoms with Crippen LogP contribution in [0.2, 0.25) is 0 Å². The molecule has 1 N–H and O–H groups in total. The van der Waals surface area contributed by atoms with E-state index in [1.54, 1.807) is 25.1 Å². The monoisotopic (exact) mass is 392 g/mol. The summed E-state index contributed by atoms with van der Waals surface area (Å²) < 4.78 is 7.11. The number of hydrogen-bond donors (Lipinski definition) is 1. The van der Waals surface area contributed by atoms with Gasteiger partial charge in [0.15, 0.2) is 0 Å². The molecular formula is C20H20N6O3. The predicted molar refractivity (Wildman–Crippen MR) is 103 cm³/mol. The van der Waals surface area contributed by atoms with Crippen molar-refractivity contribution in [3.8, 4) is 11.4 Å². The molecule has 2 heterocycles. The lowest BCUT2D eigenvalue weighted by Gasteiger charge is -2.23. The first-order valence-corrected chi connectivity index (χ1v) is 9.21. The second-order valence-corrected chi connectivity index (χ2v) is 6.79. The molecule has 4 rings (SSSR count). The van der Waals surface area contributed by atoms with Crippen LogP contribution in [0.1, 0.15) is 25.0 Å². The van der Waals surface area contributed by atoms with Crippen molar-refractivity contribution in [2.24, 2.45) is 0 Å². The number of tetrazole rings is 1. The molecule has 0 aliphatic carbocycles. The molecule has 148 valence electrons.